The molecule has 0 unspecified atom stereocenters. The summed E-state index contributed by atoms with van der Waals surface area (Å²) in [7, 11) is -4.00. The minimum atomic E-state index is -4.00. The molecule has 2 aromatic carbocycles. The van der Waals surface area contributed by atoms with Gasteiger partial charge in [-0.3, -0.25) is 9.10 Å². The van der Waals surface area contributed by atoms with Crippen molar-refractivity contribution in [3.8, 4) is 0 Å². The van der Waals surface area contributed by atoms with Gasteiger partial charge in [0.15, 0.2) is 4.91 Å². The van der Waals surface area contributed by atoms with Crippen LogP contribution in [0.1, 0.15) is 26.4 Å². The van der Waals surface area contributed by atoms with Crippen molar-refractivity contribution in [2.45, 2.75) is 20.0 Å². The molecule has 1 N–H and O–H groups in total. The Labute approximate surface area is 184 Å². The Hall–Kier alpha value is -2.61. The zero-order valence-corrected chi connectivity index (χ0v) is 18.5. The lowest BCUT2D eigenvalue weighted by atomic mass is 10.1. The average molecular weight is 459 g/mol. The van der Waals surface area contributed by atoms with Gasteiger partial charge >= 0.3 is 0 Å². The number of halogens is 1. The Balaban J connectivity index is 1.65. The highest BCUT2D eigenvalue weighted by Crippen LogP contribution is 2.39. The summed E-state index contributed by atoms with van der Waals surface area (Å²) in [5, 5.41) is 5.33. The van der Waals surface area contributed by atoms with Crippen molar-refractivity contribution < 1.29 is 13.2 Å². The maximum absolute atomic E-state index is 13.3. The largest absolute Gasteiger partial charge is 0.386 e. The molecule has 1 aliphatic rings. The van der Waals surface area contributed by atoms with Gasteiger partial charge in [0.05, 0.1) is 12.2 Å². The second kappa shape index (κ2) is 8.26. The van der Waals surface area contributed by atoms with Crippen molar-refractivity contribution in [2.24, 2.45) is 0 Å². The van der Waals surface area contributed by atoms with Gasteiger partial charge in [-0.15, -0.1) is 11.3 Å². The first-order valence-electron chi connectivity index (χ1n) is 9.25. The smallest absolute Gasteiger partial charge is 0.270 e. The van der Waals surface area contributed by atoms with Crippen LogP contribution in [0.15, 0.2) is 71.1 Å². The third-order valence-corrected chi connectivity index (χ3v) is 7.73. The Morgan fingerprint density at radius 2 is 1.70 bits per heavy atom. The fourth-order valence-corrected chi connectivity index (χ4v) is 5.81. The maximum Gasteiger partial charge on any atom is 0.270 e. The third-order valence-electron chi connectivity index (χ3n) is 4.81. The minimum absolute atomic E-state index is 0.161. The number of anilines is 1. The molecule has 2 heterocycles. The molecule has 3 aromatic rings. The summed E-state index contributed by atoms with van der Waals surface area (Å²) < 4.78 is 28.0. The molecular formula is C22H19ClN2O3S2. The van der Waals surface area contributed by atoms with Crippen molar-refractivity contribution in [1.29, 1.82) is 0 Å². The summed E-state index contributed by atoms with van der Waals surface area (Å²) in [5.74, 6) is -0.483. The maximum atomic E-state index is 13.3. The highest BCUT2D eigenvalue weighted by molar-refractivity contribution is 7.97. The highest BCUT2D eigenvalue weighted by Gasteiger charge is 2.41. The second-order valence-corrected chi connectivity index (χ2v) is 10.2. The number of rotatable bonds is 5. The van der Waals surface area contributed by atoms with E-state index in [1.165, 1.54) is 21.8 Å². The first-order chi connectivity index (χ1) is 14.4. The number of hydrogen-bond donors (Lipinski definition) is 1. The first-order valence-corrected chi connectivity index (χ1v) is 11.9. The summed E-state index contributed by atoms with van der Waals surface area (Å²) >= 11 is 7.14. The van der Waals surface area contributed by atoms with Crippen LogP contribution in [0.3, 0.4) is 0 Å². The Bertz CT molecular complexity index is 1210. The number of nitrogens with one attached hydrogen (secondary N) is 1. The standard InChI is InChI=1S/C22H19ClN2O3S2/c1-15-2-4-17(5-3-15)14-25-19-10-11-29-22(19)21(26)20(30(25,27)28)13-24-12-16-6-8-18(23)9-7-16/h2-11,13,24H,12,14H2,1H3/b20-13-. The van der Waals surface area contributed by atoms with Crippen LogP contribution < -0.4 is 9.62 Å². The molecule has 4 rings (SSSR count). The normalized spacial score (nSPS) is 16.5. The van der Waals surface area contributed by atoms with Crippen LogP contribution in [0.2, 0.25) is 5.02 Å². The SMILES string of the molecule is Cc1ccc(CN2c3ccsc3C(=O)/C(=C/NCc3ccc(Cl)cc3)S2(=O)=O)cc1. The first kappa shape index (κ1) is 20.7. The number of hydrogen-bond acceptors (Lipinski definition) is 5. The zero-order valence-electron chi connectivity index (χ0n) is 16.1. The number of carbonyl (C=O) groups excluding carboxylic acids is 1. The minimum Gasteiger partial charge on any atom is -0.386 e. The van der Waals surface area contributed by atoms with Crippen molar-refractivity contribution >= 4 is 44.4 Å². The summed E-state index contributed by atoms with van der Waals surface area (Å²) in [4.78, 5) is 13.1. The number of allylic oxidation sites excluding steroid dienone is 1. The van der Waals surface area contributed by atoms with E-state index in [-0.39, 0.29) is 11.4 Å². The highest BCUT2D eigenvalue weighted by atomic mass is 35.5. The van der Waals surface area contributed by atoms with Crippen LogP contribution >= 0.6 is 22.9 Å². The third kappa shape index (κ3) is 4.01. The molecule has 154 valence electrons. The van der Waals surface area contributed by atoms with Crippen molar-refractivity contribution in [2.75, 3.05) is 4.31 Å². The molecule has 8 heteroatoms. The number of Topliss-reactive ketones (excluding diaryl/α,β-unsaturated/α-hetero) is 1. The number of nitrogens with zero attached hydrogens (tertiary/aromatic N) is 1. The van der Waals surface area contributed by atoms with Gasteiger partial charge in [-0.25, -0.2) is 8.42 Å². The van der Waals surface area contributed by atoms with Gasteiger partial charge in [0, 0.05) is 17.8 Å². The zero-order chi connectivity index (χ0) is 21.3. The molecule has 0 amide bonds. The molecule has 0 spiro atoms. The van der Waals surface area contributed by atoms with E-state index in [9.17, 15) is 13.2 Å². The van der Waals surface area contributed by atoms with Gasteiger partial charge in [-0.05, 0) is 41.6 Å². The number of thiophene rings is 1. The lowest BCUT2D eigenvalue weighted by Crippen LogP contribution is -2.38. The van der Waals surface area contributed by atoms with Crippen LogP contribution in [0.25, 0.3) is 0 Å². The summed E-state index contributed by atoms with van der Waals surface area (Å²) in [5.41, 5.74) is 3.30. The Morgan fingerprint density at radius 3 is 2.40 bits per heavy atom. The molecule has 1 aliphatic heterocycles. The molecule has 0 atom stereocenters. The Morgan fingerprint density at radius 1 is 1.03 bits per heavy atom. The quantitative estimate of drug-likeness (QED) is 0.553. The summed E-state index contributed by atoms with van der Waals surface area (Å²) in [6.45, 7) is 2.51. The number of carbonyl (C=O) groups is 1. The van der Waals surface area contributed by atoms with Crippen molar-refractivity contribution in [1.82, 2.24) is 5.32 Å². The van der Waals surface area contributed by atoms with E-state index in [0.29, 0.717) is 22.1 Å². The van der Waals surface area contributed by atoms with Crippen LogP contribution in [0.5, 0.6) is 0 Å². The van der Waals surface area contributed by atoms with E-state index in [2.05, 4.69) is 5.32 Å². The van der Waals surface area contributed by atoms with E-state index in [1.807, 2.05) is 43.3 Å². The molecule has 0 fully saturated rings. The predicted molar refractivity (Wildman–Crippen MR) is 121 cm³/mol. The lowest BCUT2D eigenvalue weighted by Gasteiger charge is -2.29. The van der Waals surface area contributed by atoms with E-state index < -0.39 is 15.8 Å². The molecule has 0 aliphatic carbocycles. The molecule has 5 nitrogen and oxygen atoms in total. The number of benzene rings is 2. The summed E-state index contributed by atoms with van der Waals surface area (Å²) in [6.07, 6.45) is 1.30. The number of ketones is 1. The molecule has 30 heavy (non-hydrogen) atoms. The van der Waals surface area contributed by atoms with Crippen molar-refractivity contribution in [3.05, 3.63) is 97.7 Å². The van der Waals surface area contributed by atoms with Crippen LogP contribution in [0.4, 0.5) is 5.69 Å². The molecule has 0 bridgehead atoms. The van der Waals surface area contributed by atoms with Gasteiger partial charge in [-0.2, -0.15) is 0 Å². The molecule has 0 radical (unpaired) electrons. The molecule has 1 aromatic heterocycles. The molecular weight excluding hydrogens is 440 g/mol. The van der Waals surface area contributed by atoms with E-state index in [1.54, 1.807) is 23.6 Å². The van der Waals surface area contributed by atoms with Crippen LogP contribution in [0, 0.1) is 6.92 Å². The monoisotopic (exact) mass is 458 g/mol. The molecule has 0 saturated carbocycles. The fraction of sp³-hybridized carbons (Fsp3) is 0.136. The number of aryl methyl sites for hydroxylation is 1. The van der Waals surface area contributed by atoms with Gasteiger partial charge in [0.25, 0.3) is 10.0 Å². The van der Waals surface area contributed by atoms with E-state index in [0.717, 1.165) is 16.7 Å². The van der Waals surface area contributed by atoms with Crippen LogP contribution in [-0.2, 0) is 23.1 Å². The molecule has 0 saturated heterocycles. The van der Waals surface area contributed by atoms with Crippen molar-refractivity contribution in [3.63, 3.8) is 0 Å². The van der Waals surface area contributed by atoms with Gasteiger partial charge < -0.3 is 5.32 Å². The number of fused-ring (bicyclic) bond motifs is 1. The van der Waals surface area contributed by atoms with Gasteiger partial charge in [-0.1, -0.05) is 53.6 Å². The van der Waals surface area contributed by atoms with Gasteiger partial charge in [0.2, 0.25) is 5.78 Å². The average Bonchev–Trinajstić information content (AvgIpc) is 3.20. The second-order valence-electron chi connectivity index (χ2n) is 6.98. The van der Waals surface area contributed by atoms with Gasteiger partial charge in [0.1, 0.15) is 4.88 Å². The fourth-order valence-electron chi connectivity index (χ4n) is 3.18. The topological polar surface area (TPSA) is 66.5 Å². The Kier molecular flexibility index (Phi) is 5.69. The van der Waals surface area contributed by atoms with Crippen LogP contribution in [-0.4, -0.2) is 14.2 Å². The van der Waals surface area contributed by atoms with E-state index >= 15 is 0 Å². The van der Waals surface area contributed by atoms with E-state index in [4.69, 9.17) is 11.6 Å². The predicted octanol–water partition coefficient (Wildman–Crippen LogP) is 4.87. The number of sulfonamides is 1. The lowest BCUT2D eigenvalue weighted by molar-refractivity contribution is 0.104. The summed E-state index contributed by atoms with van der Waals surface area (Å²) in [6, 6.07) is 16.6.